The molecule has 0 fully saturated rings. The molecule has 3 amide bonds. The van der Waals surface area contributed by atoms with Gasteiger partial charge in [-0.05, 0) is 13.8 Å². The van der Waals surface area contributed by atoms with E-state index >= 15 is 0 Å². The van der Waals surface area contributed by atoms with Crippen molar-refractivity contribution in [2.45, 2.75) is 20.3 Å². The van der Waals surface area contributed by atoms with E-state index < -0.39 is 30.9 Å². The van der Waals surface area contributed by atoms with Crippen molar-refractivity contribution >= 4 is 17.9 Å². The number of carboxylic acids is 1. The molecule has 0 aliphatic rings. The summed E-state index contributed by atoms with van der Waals surface area (Å²) in [4.78, 5) is 33.9. The molecular weight excluding hydrogens is 250 g/mol. The molecular formula is C10H14F2N2O4. The van der Waals surface area contributed by atoms with Crippen LogP contribution in [0.15, 0.2) is 11.1 Å². The topological polar surface area (TPSA) is 86.7 Å². The van der Waals surface area contributed by atoms with Crippen LogP contribution in [0.3, 0.4) is 0 Å². The average molecular weight is 264 g/mol. The number of imide groups is 1. The Morgan fingerprint density at radius 3 is 2.11 bits per heavy atom. The first-order chi connectivity index (χ1) is 8.16. The Kier molecular flexibility index (Phi) is 5.94. The van der Waals surface area contributed by atoms with E-state index in [0.717, 1.165) is 7.05 Å². The second kappa shape index (κ2) is 6.67. The molecule has 2 N–H and O–H groups in total. The number of carbonyl (C=O) groups is 3. The lowest BCUT2D eigenvalue weighted by molar-refractivity contribution is -0.133. The molecule has 6 nitrogen and oxygen atoms in total. The molecule has 0 atom stereocenters. The minimum Gasteiger partial charge on any atom is -0.478 e. The van der Waals surface area contributed by atoms with Gasteiger partial charge in [0.15, 0.2) is 0 Å². The molecule has 102 valence electrons. The van der Waals surface area contributed by atoms with Crippen LogP contribution in [-0.4, -0.2) is 47.9 Å². The molecule has 8 heteroatoms. The minimum absolute atomic E-state index is 0.165. The van der Waals surface area contributed by atoms with Crippen LogP contribution in [-0.2, 0) is 9.59 Å². The van der Waals surface area contributed by atoms with E-state index in [1.807, 2.05) is 5.32 Å². The molecule has 18 heavy (non-hydrogen) atoms. The molecule has 0 aliphatic carbocycles. The van der Waals surface area contributed by atoms with E-state index in [4.69, 9.17) is 5.11 Å². The van der Waals surface area contributed by atoms with Crippen molar-refractivity contribution in [3.8, 4) is 0 Å². The van der Waals surface area contributed by atoms with E-state index in [9.17, 15) is 23.2 Å². The third-order valence-corrected chi connectivity index (χ3v) is 2.20. The predicted molar refractivity (Wildman–Crippen MR) is 58.2 cm³/mol. The number of hydrogen-bond acceptors (Lipinski definition) is 3. The summed E-state index contributed by atoms with van der Waals surface area (Å²) in [5.41, 5.74) is -0.391. The number of nitrogens with one attached hydrogen (secondary N) is 1. The molecule has 0 saturated heterocycles. The van der Waals surface area contributed by atoms with Gasteiger partial charge in [-0.25, -0.2) is 18.4 Å². The number of nitrogens with zero attached hydrogens (tertiary/aromatic N) is 1. The van der Waals surface area contributed by atoms with Gasteiger partial charge in [0, 0.05) is 18.2 Å². The zero-order chi connectivity index (χ0) is 14.5. The molecule has 0 spiro atoms. The summed E-state index contributed by atoms with van der Waals surface area (Å²) < 4.78 is 24.0. The SMILES string of the molecule is CC(C(=O)O)=C(C)C(=O)NC(=O)N(C)CC(F)F. The standard InChI is InChI=1S/C10H14F2N2O4/c1-5(6(2)9(16)17)8(15)13-10(18)14(3)4-7(11)12/h7H,4H2,1-3H3,(H,16,17)(H,13,15,18). The van der Waals surface area contributed by atoms with Gasteiger partial charge in [-0.15, -0.1) is 0 Å². The maximum absolute atomic E-state index is 12.0. The van der Waals surface area contributed by atoms with Crippen molar-refractivity contribution in [3.63, 3.8) is 0 Å². The molecule has 0 radical (unpaired) electrons. The molecule has 0 rings (SSSR count). The van der Waals surface area contributed by atoms with Crippen LogP contribution in [0.4, 0.5) is 13.6 Å². The van der Waals surface area contributed by atoms with Gasteiger partial charge >= 0.3 is 12.0 Å². The fourth-order valence-corrected chi connectivity index (χ4v) is 0.907. The first kappa shape index (κ1) is 16.0. The number of hydrogen-bond donors (Lipinski definition) is 2. The fourth-order valence-electron chi connectivity index (χ4n) is 0.907. The first-order valence-electron chi connectivity index (χ1n) is 4.92. The van der Waals surface area contributed by atoms with Crippen LogP contribution in [0, 0.1) is 0 Å². The molecule has 0 heterocycles. The van der Waals surface area contributed by atoms with Crippen LogP contribution >= 0.6 is 0 Å². The normalized spacial score (nSPS) is 11.9. The van der Waals surface area contributed by atoms with Gasteiger partial charge in [-0.1, -0.05) is 0 Å². The van der Waals surface area contributed by atoms with E-state index in [0.29, 0.717) is 4.90 Å². The average Bonchev–Trinajstić information content (AvgIpc) is 2.25. The second-order valence-corrected chi connectivity index (χ2v) is 3.59. The molecule has 0 aromatic rings. The van der Waals surface area contributed by atoms with E-state index in [-0.39, 0.29) is 11.1 Å². The third kappa shape index (κ3) is 4.89. The van der Waals surface area contributed by atoms with Gasteiger partial charge in [0.2, 0.25) is 0 Å². The summed E-state index contributed by atoms with van der Waals surface area (Å²) in [5, 5.41) is 10.4. The third-order valence-electron chi connectivity index (χ3n) is 2.20. The summed E-state index contributed by atoms with van der Waals surface area (Å²) in [6.07, 6.45) is -2.71. The summed E-state index contributed by atoms with van der Waals surface area (Å²) in [6, 6.07) is -1.02. The van der Waals surface area contributed by atoms with Gasteiger partial charge in [-0.2, -0.15) is 0 Å². The maximum atomic E-state index is 12.0. The fraction of sp³-hybridized carbons (Fsp3) is 0.500. The summed E-state index contributed by atoms with van der Waals surface area (Å²) in [6.45, 7) is 1.60. The summed E-state index contributed by atoms with van der Waals surface area (Å²) in [7, 11) is 1.10. The van der Waals surface area contributed by atoms with Crippen LogP contribution < -0.4 is 5.32 Å². The Morgan fingerprint density at radius 2 is 1.72 bits per heavy atom. The Balaban J connectivity index is 4.63. The first-order valence-corrected chi connectivity index (χ1v) is 4.92. The lowest BCUT2D eigenvalue weighted by atomic mass is 10.1. The highest BCUT2D eigenvalue weighted by Gasteiger charge is 2.19. The highest BCUT2D eigenvalue weighted by molar-refractivity contribution is 6.07. The minimum atomic E-state index is -2.71. The zero-order valence-corrected chi connectivity index (χ0v) is 10.2. The van der Waals surface area contributed by atoms with Crippen molar-refractivity contribution < 1.29 is 28.3 Å². The molecule has 0 aromatic heterocycles. The van der Waals surface area contributed by atoms with Crippen LogP contribution in [0.25, 0.3) is 0 Å². The smallest absolute Gasteiger partial charge is 0.331 e. The number of amides is 3. The van der Waals surface area contributed by atoms with Crippen molar-refractivity contribution in [1.82, 2.24) is 10.2 Å². The van der Waals surface area contributed by atoms with Crippen molar-refractivity contribution in [3.05, 3.63) is 11.1 Å². The molecule has 0 bridgehead atoms. The lowest BCUT2D eigenvalue weighted by Crippen LogP contribution is -2.43. The van der Waals surface area contributed by atoms with Crippen molar-refractivity contribution in [2.75, 3.05) is 13.6 Å². The Labute approximate surface area is 102 Å². The highest BCUT2D eigenvalue weighted by atomic mass is 19.3. The van der Waals surface area contributed by atoms with E-state index in [1.54, 1.807) is 0 Å². The summed E-state index contributed by atoms with van der Waals surface area (Å²) in [5.74, 6) is -2.22. The molecule has 0 aromatic carbocycles. The largest absolute Gasteiger partial charge is 0.478 e. The monoisotopic (exact) mass is 264 g/mol. The van der Waals surface area contributed by atoms with E-state index in [1.165, 1.54) is 13.8 Å². The van der Waals surface area contributed by atoms with Gasteiger partial charge < -0.3 is 10.0 Å². The molecule has 0 saturated carbocycles. The molecule has 0 unspecified atom stereocenters. The number of urea groups is 1. The van der Waals surface area contributed by atoms with Crippen molar-refractivity contribution in [1.29, 1.82) is 0 Å². The highest BCUT2D eigenvalue weighted by Crippen LogP contribution is 2.04. The van der Waals surface area contributed by atoms with Crippen LogP contribution in [0.5, 0.6) is 0 Å². The van der Waals surface area contributed by atoms with Gasteiger partial charge in [-0.3, -0.25) is 10.1 Å². The van der Waals surface area contributed by atoms with Crippen molar-refractivity contribution in [2.24, 2.45) is 0 Å². The Bertz CT molecular complexity index is 393. The summed E-state index contributed by atoms with van der Waals surface area (Å²) >= 11 is 0. The van der Waals surface area contributed by atoms with Gasteiger partial charge in [0.05, 0.1) is 6.54 Å². The van der Waals surface area contributed by atoms with Gasteiger partial charge in [0.1, 0.15) is 0 Å². The quantitative estimate of drug-likeness (QED) is 0.737. The Hall–Kier alpha value is -1.99. The second-order valence-electron chi connectivity index (χ2n) is 3.59. The molecule has 0 aliphatic heterocycles. The maximum Gasteiger partial charge on any atom is 0.331 e. The Morgan fingerprint density at radius 1 is 1.22 bits per heavy atom. The number of carboxylic acid groups (broad SMARTS) is 1. The number of carbonyl (C=O) groups excluding carboxylic acids is 2. The lowest BCUT2D eigenvalue weighted by Gasteiger charge is -2.16. The zero-order valence-electron chi connectivity index (χ0n) is 10.2. The van der Waals surface area contributed by atoms with Crippen LogP contribution in [0.2, 0.25) is 0 Å². The van der Waals surface area contributed by atoms with E-state index in [2.05, 4.69) is 0 Å². The number of halogens is 2. The number of aliphatic carboxylic acids is 1. The van der Waals surface area contributed by atoms with Crippen LogP contribution in [0.1, 0.15) is 13.8 Å². The predicted octanol–water partition coefficient (Wildman–Crippen LogP) is 0.841. The van der Waals surface area contributed by atoms with Gasteiger partial charge in [0.25, 0.3) is 12.3 Å². The number of alkyl halides is 2. The number of rotatable bonds is 4.